The second-order valence-electron chi connectivity index (χ2n) is 4.78. The van der Waals surface area contributed by atoms with E-state index in [9.17, 15) is 10.1 Å². The van der Waals surface area contributed by atoms with Crippen molar-refractivity contribution in [3.8, 4) is 0 Å². The molecule has 1 atom stereocenters. The molecule has 8 heteroatoms. The van der Waals surface area contributed by atoms with Crippen LogP contribution in [0.4, 0.5) is 11.5 Å². The van der Waals surface area contributed by atoms with Gasteiger partial charge in [-0.15, -0.1) is 0 Å². The fourth-order valence-corrected chi connectivity index (χ4v) is 2.39. The Labute approximate surface area is 115 Å². The minimum Gasteiger partial charge on any atom is -0.377 e. The van der Waals surface area contributed by atoms with E-state index in [-0.39, 0.29) is 22.4 Å². The van der Waals surface area contributed by atoms with Gasteiger partial charge in [0.1, 0.15) is 6.20 Å². The molecule has 0 aromatic carbocycles. The van der Waals surface area contributed by atoms with E-state index in [0.29, 0.717) is 13.1 Å². The predicted molar refractivity (Wildman–Crippen MR) is 70.6 cm³/mol. The third-order valence-electron chi connectivity index (χ3n) is 3.37. The van der Waals surface area contributed by atoms with Crippen LogP contribution in [-0.4, -0.2) is 40.7 Å². The van der Waals surface area contributed by atoms with Gasteiger partial charge in [-0.25, -0.2) is 4.98 Å². The molecule has 1 unspecified atom stereocenters. The molecule has 2 rings (SSSR count). The van der Waals surface area contributed by atoms with Crippen molar-refractivity contribution >= 4 is 23.1 Å². The molecule has 1 aliphatic heterocycles. The normalized spacial score (nSPS) is 23.4. The zero-order valence-corrected chi connectivity index (χ0v) is 11.6. The summed E-state index contributed by atoms with van der Waals surface area (Å²) in [4.78, 5) is 20.0. The number of rotatable bonds is 3. The van der Waals surface area contributed by atoms with E-state index in [0.717, 1.165) is 19.0 Å². The maximum Gasteiger partial charge on any atom is 0.329 e. The maximum absolute atomic E-state index is 11.0. The van der Waals surface area contributed by atoms with Crippen molar-refractivity contribution in [1.29, 1.82) is 0 Å². The Morgan fingerprint density at radius 1 is 1.63 bits per heavy atom. The highest BCUT2D eigenvalue weighted by Crippen LogP contribution is 2.32. The molecule has 1 aromatic heterocycles. The maximum atomic E-state index is 11.0. The molecule has 0 radical (unpaired) electrons. The minimum absolute atomic E-state index is 0.00490. The van der Waals surface area contributed by atoms with Gasteiger partial charge >= 0.3 is 5.69 Å². The lowest BCUT2D eigenvalue weighted by Crippen LogP contribution is -2.48. The quantitative estimate of drug-likeness (QED) is 0.480. The van der Waals surface area contributed by atoms with E-state index in [1.165, 1.54) is 0 Å². The van der Waals surface area contributed by atoms with Crippen LogP contribution in [-0.2, 0) is 4.74 Å². The third-order valence-corrected chi connectivity index (χ3v) is 3.55. The molecule has 104 valence electrons. The van der Waals surface area contributed by atoms with E-state index in [4.69, 9.17) is 16.3 Å². The SMILES string of the molecule is COC1(C)CCCN(c2nc(Cl)ncc2[N+](=O)[O-])C1. The fraction of sp³-hybridized carbons (Fsp3) is 0.636. The van der Waals surface area contributed by atoms with Crippen molar-refractivity contribution in [1.82, 2.24) is 9.97 Å². The zero-order chi connectivity index (χ0) is 14.0. The van der Waals surface area contributed by atoms with Crippen LogP contribution in [0.25, 0.3) is 0 Å². The monoisotopic (exact) mass is 286 g/mol. The molecule has 0 amide bonds. The Balaban J connectivity index is 2.35. The summed E-state index contributed by atoms with van der Waals surface area (Å²) in [6, 6.07) is 0. The second-order valence-corrected chi connectivity index (χ2v) is 5.12. The number of nitrogens with zero attached hydrogens (tertiary/aromatic N) is 4. The highest BCUT2D eigenvalue weighted by Gasteiger charge is 2.34. The molecule has 1 aromatic rings. The molecule has 1 aliphatic rings. The molecule has 0 aliphatic carbocycles. The van der Waals surface area contributed by atoms with Crippen LogP contribution in [0, 0.1) is 10.1 Å². The third kappa shape index (κ3) is 2.93. The Kier molecular flexibility index (Phi) is 3.86. The van der Waals surface area contributed by atoms with Crippen LogP contribution < -0.4 is 4.90 Å². The first-order chi connectivity index (χ1) is 8.95. The number of halogens is 1. The van der Waals surface area contributed by atoms with Crippen molar-refractivity contribution in [2.45, 2.75) is 25.4 Å². The van der Waals surface area contributed by atoms with E-state index in [1.807, 2.05) is 11.8 Å². The molecule has 1 fully saturated rings. The predicted octanol–water partition coefficient (Wildman–Crippen LogP) is 2.04. The number of hydrogen-bond acceptors (Lipinski definition) is 6. The second kappa shape index (κ2) is 5.26. The lowest BCUT2D eigenvalue weighted by Gasteiger charge is -2.39. The highest BCUT2D eigenvalue weighted by atomic mass is 35.5. The first kappa shape index (κ1) is 14.0. The van der Waals surface area contributed by atoms with Crippen molar-refractivity contribution in [2.24, 2.45) is 0 Å². The Bertz CT molecular complexity index is 499. The van der Waals surface area contributed by atoms with Gasteiger partial charge in [0.2, 0.25) is 11.1 Å². The number of aromatic nitrogens is 2. The summed E-state index contributed by atoms with van der Waals surface area (Å²) in [6.07, 6.45) is 2.93. The van der Waals surface area contributed by atoms with Crippen molar-refractivity contribution in [2.75, 3.05) is 25.1 Å². The summed E-state index contributed by atoms with van der Waals surface area (Å²) in [5.74, 6) is 0.257. The summed E-state index contributed by atoms with van der Waals surface area (Å²) in [7, 11) is 1.64. The molecule has 0 spiro atoms. The van der Waals surface area contributed by atoms with Gasteiger partial charge < -0.3 is 9.64 Å². The Morgan fingerprint density at radius 3 is 3.00 bits per heavy atom. The van der Waals surface area contributed by atoms with Gasteiger partial charge in [0.15, 0.2) is 0 Å². The van der Waals surface area contributed by atoms with Crippen LogP contribution >= 0.6 is 11.6 Å². The molecule has 19 heavy (non-hydrogen) atoms. The largest absolute Gasteiger partial charge is 0.377 e. The van der Waals surface area contributed by atoms with Crippen LogP contribution in [0.5, 0.6) is 0 Å². The summed E-state index contributed by atoms with van der Waals surface area (Å²) in [5.41, 5.74) is -0.464. The average molecular weight is 287 g/mol. The number of hydrogen-bond donors (Lipinski definition) is 0. The first-order valence-corrected chi connectivity index (χ1v) is 6.30. The van der Waals surface area contributed by atoms with Gasteiger partial charge in [-0.1, -0.05) is 0 Å². The molecule has 0 saturated carbocycles. The lowest BCUT2D eigenvalue weighted by atomic mass is 9.95. The Morgan fingerprint density at radius 2 is 2.37 bits per heavy atom. The Hall–Kier alpha value is -1.47. The van der Waals surface area contributed by atoms with Gasteiger partial charge in [0.25, 0.3) is 0 Å². The van der Waals surface area contributed by atoms with Crippen molar-refractivity contribution in [3.05, 3.63) is 21.6 Å². The highest BCUT2D eigenvalue weighted by molar-refractivity contribution is 6.28. The first-order valence-electron chi connectivity index (χ1n) is 5.92. The van der Waals surface area contributed by atoms with Gasteiger partial charge in [-0.3, -0.25) is 10.1 Å². The van der Waals surface area contributed by atoms with Crippen LogP contribution in [0.3, 0.4) is 0 Å². The topological polar surface area (TPSA) is 81.4 Å². The average Bonchev–Trinajstić information content (AvgIpc) is 2.38. The molecule has 0 N–H and O–H groups in total. The molecule has 0 bridgehead atoms. The van der Waals surface area contributed by atoms with Gasteiger partial charge in [0.05, 0.1) is 10.5 Å². The number of ether oxygens (including phenoxy) is 1. The standard InChI is InChI=1S/C11H15ClN4O3/c1-11(19-2)4-3-5-15(7-11)9-8(16(17)18)6-13-10(12)14-9/h6H,3-5,7H2,1-2H3. The fourth-order valence-electron chi connectivity index (χ4n) is 2.26. The van der Waals surface area contributed by atoms with Crippen molar-refractivity contribution in [3.63, 3.8) is 0 Å². The van der Waals surface area contributed by atoms with Crippen LogP contribution in [0.1, 0.15) is 19.8 Å². The summed E-state index contributed by atoms with van der Waals surface area (Å²) < 4.78 is 5.47. The molecule has 1 saturated heterocycles. The summed E-state index contributed by atoms with van der Waals surface area (Å²) in [5, 5.41) is 11.0. The molecular weight excluding hydrogens is 272 g/mol. The lowest BCUT2D eigenvalue weighted by molar-refractivity contribution is -0.384. The van der Waals surface area contributed by atoms with Gasteiger partial charge in [-0.05, 0) is 31.4 Å². The molecular formula is C11H15ClN4O3. The van der Waals surface area contributed by atoms with Crippen molar-refractivity contribution < 1.29 is 9.66 Å². The van der Waals surface area contributed by atoms with E-state index in [1.54, 1.807) is 7.11 Å². The molecule has 2 heterocycles. The number of anilines is 1. The summed E-state index contributed by atoms with van der Waals surface area (Å²) >= 11 is 5.74. The zero-order valence-electron chi connectivity index (χ0n) is 10.8. The van der Waals surface area contributed by atoms with Gasteiger partial charge in [0, 0.05) is 20.2 Å². The van der Waals surface area contributed by atoms with Gasteiger partial charge in [-0.2, -0.15) is 4.98 Å². The number of piperidine rings is 1. The van der Waals surface area contributed by atoms with E-state index < -0.39 is 4.92 Å². The smallest absolute Gasteiger partial charge is 0.329 e. The number of nitro groups is 1. The van der Waals surface area contributed by atoms with Crippen LogP contribution in [0.15, 0.2) is 6.20 Å². The van der Waals surface area contributed by atoms with E-state index >= 15 is 0 Å². The van der Waals surface area contributed by atoms with Crippen LogP contribution in [0.2, 0.25) is 5.28 Å². The number of methoxy groups -OCH3 is 1. The summed E-state index contributed by atoms with van der Waals surface area (Å²) in [6.45, 7) is 3.21. The minimum atomic E-state index is -0.496. The molecule has 7 nitrogen and oxygen atoms in total. The van der Waals surface area contributed by atoms with E-state index in [2.05, 4.69) is 9.97 Å².